The first-order valence-corrected chi connectivity index (χ1v) is 12.6. The van der Waals surface area contributed by atoms with E-state index in [0.717, 1.165) is 62.3 Å². The van der Waals surface area contributed by atoms with Crippen molar-refractivity contribution in [2.24, 2.45) is 11.8 Å². The predicted octanol–water partition coefficient (Wildman–Crippen LogP) is 7.52. The Labute approximate surface area is 196 Å². The molecule has 2 aliphatic carbocycles. The molecular formula is C28H36F2N2O. The number of nitrogens with zero attached hydrogens (tertiary/aromatic N) is 2. The minimum Gasteiger partial charge on any atom is -0.491 e. The molecule has 5 heteroatoms. The molecule has 0 radical (unpaired) electrons. The van der Waals surface area contributed by atoms with Crippen LogP contribution in [0.5, 0.6) is 5.75 Å². The average molecular weight is 455 g/mol. The van der Waals surface area contributed by atoms with E-state index in [0.29, 0.717) is 24.0 Å². The molecule has 0 spiro atoms. The minimum absolute atomic E-state index is 0.0145. The van der Waals surface area contributed by atoms with Crippen molar-refractivity contribution in [3.05, 3.63) is 65.3 Å². The van der Waals surface area contributed by atoms with Gasteiger partial charge in [-0.1, -0.05) is 18.2 Å². The lowest BCUT2D eigenvalue weighted by molar-refractivity contribution is 0.174. The van der Waals surface area contributed by atoms with Crippen LogP contribution in [0.15, 0.2) is 36.7 Å². The normalized spacial score (nSPS) is 25.9. The van der Waals surface area contributed by atoms with Crippen molar-refractivity contribution < 1.29 is 13.5 Å². The molecule has 0 atom stereocenters. The highest BCUT2D eigenvalue weighted by Crippen LogP contribution is 2.46. The maximum atomic E-state index is 14.6. The molecule has 33 heavy (non-hydrogen) atoms. The largest absolute Gasteiger partial charge is 0.491 e. The molecule has 178 valence electrons. The van der Waals surface area contributed by atoms with E-state index in [1.54, 1.807) is 19.1 Å². The first kappa shape index (κ1) is 23.8. The van der Waals surface area contributed by atoms with Gasteiger partial charge in [0, 0.05) is 18.3 Å². The molecule has 0 amide bonds. The Kier molecular flexibility index (Phi) is 8.11. The lowest BCUT2D eigenvalue weighted by Gasteiger charge is -2.37. The van der Waals surface area contributed by atoms with Gasteiger partial charge in [0.2, 0.25) is 5.82 Å². The fourth-order valence-electron chi connectivity index (χ4n) is 5.81. The summed E-state index contributed by atoms with van der Waals surface area (Å²) in [5.41, 5.74) is 1.68. The van der Waals surface area contributed by atoms with Gasteiger partial charge < -0.3 is 4.74 Å². The number of rotatable bonds is 7. The molecule has 0 aliphatic heterocycles. The number of benzene rings is 1. The Morgan fingerprint density at radius 1 is 0.879 bits per heavy atom. The smallest absolute Gasteiger partial charge is 0.200 e. The molecule has 0 saturated heterocycles. The van der Waals surface area contributed by atoms with Crippen LogP contribution >= 0.6 is 0 Å². The van der Waals surface area contributed by atoms with Gasteiger partial charge in [-0.2, -0.15) is 4.39 Å². The summed E-state index contributed by atoms with van der Waals surface area (Å²) in [5.74, 6) is 1.45. The third-order valence-corrected chi connectivity index (χ3v) is 7.71. The molecule has 1 aromatic heterocycles. The van der Waals surface area contributed by atoms with Crippen molar-refractivity contribution in [1.29, 1.82) is 0 Å². The molecule has 2 fully saturated rings. The quantitative estimate of drug-likeness (QED) is 0.406. The molecule has 3 nitrogen and oxygen atoms in total. The van der Waals surface area contributed by atoms with Gasteiger partial charge in [-0.25, -0.2) is 14.4 Å². The second-order valence-corrected chi connectivity index (χ2v) is 9.66. The molecule has 1 aromatic carbocycles. The second-order valence-electron chi connectivity index (χ2n) is 9.66. The van der Waals surface area contributed by atoms with Crippen LogP contribution in [0.3, 0.4) is 0 Å². The van der Waals surface area contributed by atoms with Crippen molar-refractivity contribution in [2.75, 3.05) is 6.61 Å². The highest BCUT2D eigenvalue weighted by Gasteiger charge is 2.33. The van der Waals surface area contributed by atoms with Crippen LogP contribution in [0.25, 0.3) is 0 Å². The van der Waals surface area contributed by atoms with Crippen LogP contribution in [0.2, 0.25) is 0 Å². The minimum atomic E-state index is -0.841. The van der Waals surface area contributed by atoms with Crippen LogP contribution in [-0.4, -0.2) is 16.6 Å². The van der Waals surface area contributed by atoms with Crippen LogP contribution in [-0.2, 0) is 6.42 Å². The van der Waals surface area contributed by atoms with Crippen molar-refractivity contribution in [1.82, 2.24) is 9.97 Å². The van der Waals surface area contributed by atoms with Crippen molar-refractivity contribution >= 4 is 0 Å². The summed E-state index contributed by atoms with van der Waals surface area (Å²) in [7, 11) is 0. The number of halogens is 2. The zero-order chi connectivity index (χ0) is 23.2. The molecule has 0 bridgehead atoms. The summed E-state index contributed by atoms with van der Waals surface area (Å²) in [4.78, 5) is 9.30. The number of allylic oxidation sites excluding steroid dienone is 2. The van der Waals surface area contributed by atoms with Gasteiger partial charge in [0.25, 0.3) is 0 Å². The van der Waals surface area contributed by atoms with E-state index in [2.05, 4.69) is 22.1 Å². The summed E-state index contributed by atoms with van der Waals surface area (Å²) >= 11 is 0. The van der Waals surface area contributed by atoms with Crippen molar-refractivity contribution in [3.63, 3.8) is 0 Å². The SMILES string of the molecule is C/C=C\Cc1cnc(C2CCC(C3CCC(c4ccc(OCC)c(F)c4F)CC3)CC2)nc1. The molecule has 1 heterocycles. The number of hydrogen-bond acceptors (Lipinski definition) is 3. The van der Waals surface area contributed by atoms with Gasteiger partial charge in [-0.05, 0) is 107 Å². The first-order chi connectivity index (χ1) is 16.1. The van der Waals surface area contributed by atoms with E-state index in [1.807, 2.05) is 19.3 Å². The molecular weight excluding hydrogens is 418 g/mol. The van der Waals surface area contributed by atoms with Gasteiger partial charge in [-0.15, -0.1) is 0 Å². The van der Waals surface area contributed by atoms with Gasteiger partial charge in [-0.3, -0.25) is 0 Å². The van der Waals surface area contributed by atoms with E-state index < -0.39 is 11.6 Å². The number of aromatic nitrogens is 2. The predicted molar refractivity (Wildman–Crippen MR) is 127 cm³/mol. The zero-order valence-electron chi connectivity index (χ0n) is 19.9. The topological polar surface area (TPSA) is 35.0 Å². The molecule has 2 saturated carbocycles. The van der Waals surface area contributed by atoms with E-state index in [1.165, 1.54) is 12.8 Å². The van der Waals surface area contributed by atoms with E-state index >= 15 is 0 Å². The first-order valence-electron chi connectivity index (χ1n) is 12.6. The van der Waals surface area contributed by atoms with E-state index in [4.69, 9.17) is 4.74 Å². The highest BCUT2D eigenvalue weighted by molar-refractivity contribution is 5.33. The Morgan fingerprint density at radius 2 is 1.48 bits per heavy atom. The number of hydrogen-bond donors (Lipinski definition) is 0. The van der Waals surface area contributed by atoms with Crippen LogP contribution in [0.1, 0.15) is 94.0 Å². The van der Waals surface area contributed by atoms with Gasteiger partial charge in [0.05, 0.1) is 6.61 Å². The van der Waals surface area contributed by atoms with Gasteiger partial charge in [0.15, 0.2) is 11.6 Å². The molecule has 0 unspecified atom stereocenters. The monoisotopic (exact) mass is 454 g/mol. The van der Waals surface area contributed by atoms with Gasteiger partial charge in [0.1, 0.15) is 5.82 Å². The van der Waals surface area contributed by atoms with E-state index in [-0.39, 0.29) is 11.7 Å². The fraction of sp³-hybridized carbons (Fsp3) is 0.571. The van der Waals surface area contributed by atoms with Crippen molar-refractivity contribution in [3.8, 4) is 5.75 Å². The van der Waals surface area contributed by atoms with Crippen molar-refractivity contribution in [2.45, 2.75) is 83.5 Å². The third kappa shape index (κ3) is 5.62. The standard InChI is InChI=1S/C28H36F2N2O/c1-3-5-6-19-17-31-28(32-18-19)23-13-9-21(10-14-23)20-7-11-22(12-8-20)24-15-16-25(33-4-2)27(30)26(24)29/h3,5,15-18,20-23H,4,6-14H2,1-2H3/b5-3-. The molecule has 2 aromatic rings. The second kappa shape index (κ2) is 11.2. The third-order valence-electron chi connectivity index (χ3n) is 7.71. The number of ether oxygens (including phenoxy) is 1. The summed E-state index contributed by atoms with van der Waals surface area (Å²) in [6.45, 7) is 4.13. The average Bonchev–Trinajstić information content (AvgIpc) is 2.86. The molecule has 0 N–H and O–H groups in total. The van der Waals surface area contributed by atoms with Crippen LogP contribution in [0.4, 0.5) is 8.78 Å². The summed E-state index contributed by atoms with van der Waals surface area (Å²) in [6.07, 6.45) is 17.8. The summed E-state index contributed by atoms with van der Waals surface area (Å²) < 4.78 is 34.1. The summed E-state index contributed by atoms with van der Waals surface area (Å²) in [6, 6.07) is 3.31. The maximum Gasteiger partial charge on any atom is 0.200 e. The fourth-order valence-corrected chi connectivity index (χ4v) is 5.81. The lowest BCUT2D eigenvalue weighted by Crippen LogP contribution is -2.25. The Hall–Kier alpha value is -2.30. The van der Waals surface area contributed by atoms with Crippen LogP contribution < -0.4 is 4.74 Å². The Bertz CT molecular complexity index is 928. The highest BCUT2D eigenvalue weighted by atomic mass is 19.2. The molecule has 2 aliphatic rings. The van der Waals surface area contributed by atoms with Gasteiger partial charge >= 0.3 is 0 Å². The Morgan fingerprint density at radius 3 is 2.06 bits per heavy atom. The zero-order valence-corrected chi connectivity index (χ0v) is 19.9. The van der Waals surface area contributed by atoms with Crippen LogP contribution in [0, 0.1) is 23.5 Å². The molecule has 4 rings (SSSR count). The Balaban J connectivity index is 1.28. The maximum absolute atomic E-state index is 14.6. The summed E-state index contributed by atoms with van der Waals surface area (Å²) in [5, 5.41) is 0. The lowest BCUT2D eigenvalue weighted by atomic mass is 9.68. The van der Waals surface area contributed by atoms with E-state index in [9.17, 15) is 8.78 Å².